The minimum Gasteiger partial charge on any atom is -0.295 e. The van der Waals surface area contributed by atoms with Gasteiger partial charge in [-0.15, -0.1) is 11.8 Å². The van der Waals surface area contributed by atoms with Crippen LogP contribution in [0.3, 0.4) is 0 Å². The molecule has 1 saturated heterocycles. The highest BCUT2D eigenvalue weighted by molar-refractivity contribution is 8.01. The molecule has 0 spiro atoms. The zero-order valence-electron chi connectivity index (χ0n) is 12.3. The normalized spacial score (nSPS) is 21.8. The van der Waals surface area contributed by atoms with E-state index in [0.29, 0.717) is 0 Å². The number of hydrogen-bond acceptors (Lipinski definition) is 2. The molecule has 1 amide bonds. The number of nitrogens with zero attached hydrogens (tertiary/aromatic N) is 1. The molecular weight excluding hydrogens is 278 g/mol. The Morgan fingerprint density at radius 1 is 1.05 bits per heavy atom. The summed E-state index contributed by atoms with van der Waals surface area (Å²) in [4.78, 5) is 14.7. The molecule has 2 atom stereocenters. The van der Waals surface area contributed by atoms with E-state index in [-0.39, 0.29) is 16.5 Å². The quantitative estimate of drug-likeness (QED) is 0.828. The first-order valence-electron chi connectivity index (χ1n) is 7.31. The number of hydrogen-bond donors (Lipinski definition) is 0. The number of benzene rings is 2. The van der Waals surface area contributed by atoms with E-state index in [9.17, 15) is 4.79 Å². The molecule has 21 heavy (non-hydrogen) atoms. The Kier molecular flexibility index (Phi) is 4.02. The van der Waals surface area contributed by atoms with Gasteiger partial charge in [0.05, 0.1) is 5.25 Å². The van der Waals surface area contributed by atoms with Crippen LogP contribution in [0.15, 0.2) is 54.6 Å². The van der Waals surface area contributed by atoms with E-state index in [4.69, 9.17) is 0 Å². The maximum Gasteiger partial charge on any atom is 0.241 e. The summed E-state index contributed by atoms with van der Waals surface area (Å²) in [6.07, 6.45) is 0.870. The van der Waals surface area contributed by atoms with Gasteiger partial charge < -0.3 is 0 Å². The Morgan fingerprint density at radius 3 is 2.33 bits per heavy atom. The molecule has 1 aliphatic rings. The Labute approximate surface area is 130 Å². The fourth-order valence-corrected chi connectivity index (χ4v) is 4.02. The maximum atomic E-state index is 12.7. The van der Waals surface area contributed by atoms with Crippen molar-refractivity contribution in [2.75, 3.05) is 4.90 Å². The molecule has 3 heteroatoms. The molecule has 3 rings (SSSR count). The maximum absolute atomic E-state index is 12.7. The van der Waals surface area contributed by atoms with Crippen molar-refractivity contribution in [1.82, 2.24) is 0 Å². The summed E-state index contributed by atoms with van der Waals surface area (Å²) < 4.78 is 0. The van der Waals surface area contributed by atoms with Crippen molar-refractivity contribution in [1.29, 1.82) is 0 Å². The number of amides is 1. The molecule has 2 unspecified atom stereocenters. The van der Waals surface area contributed by atoms with Crippen LogP contribution in [-0.2, 0) is 4.79 Å². The Bertz CT molecular complexity index is 623. The van der Waals surface area contributed by atoms with E-state index in [1.54, 1.807) is 11.8 Å². The Hall–Kier alpha value is -1.74. The highest BCUT2D eigenvalue weighted by Crippen LogP contribution is 2.46. The molecule has 0 aliphatic carbocycles. The first-order chi connectivity index (χ1) is 10.2. The van der Waals surface area contributed by atoms with E-state index in [1.165, 1.54) is 11.1 Å². The monoisotopic (exact) mass is 297 g/mol. The minimum absolute atomic E-state index is 0.0523. The van der Waals surface area contributed by atoms with E-state index in [0.717, 1.165) is 12.1 Å². The van der Waals surface area contributed by atoms with Gasteiger partial charge in [-0.1, -0.05) is 55.0 Å². The fourth-order valence-electron chi connectivity index (χ4n) is 2.63. The van der Waals surface area contributed by atoms with Gasteiger partial charge in [0.15, 0.2) is 0 Å². The van der Waals surface area contributed by atoms with Crippen molar-refractivity contribution in [2.24, 2.45) is 0 Å². The van der Waals surface area contributed by atoms with Crippen LogP contribution in [0.1, 0.15) is 29.8 Å². The average molecular weight is 297 g/mol. The van der Waals surface area contributed by atoms with Gasteiger partial charge in [0.2, 0.25) is 5.91 Å². The number of thioether (sulfide) groups is 1. The summed E-state index contributed by atoms with van der Waals surface area (Å²) in [5.74, 6) is 0.222. The standard InChI is InChI=1S/C18H19NOS/c1-3-16-17(20)19(15-11-9-13(2)10-12-15)18(21-16)14-7-5-4-6-8-14/h4-12,16,18H,3H2,1-2H3. The van der Waals surface area contributed by atoms with Gasteiger partial charge in [-0.3, -0.25) is 9.69 Å². The number of anilines is 1. The van der Waals surface area contributed by atoms with E-state index in [2.05, 4.69) is 38.1 Å². The first kappa shape index (κ1) is 14.2. The molecule has 108 valence electrons. The number of carbonyl (C=O) groups is 1. The lowest BCUT2D eigenvalue weighted by Crippen LogP contribution is -2.30. The third kappa shape index (κ3) is 2.70. The van der Waals surface area contributed by atoms with E-state index >= 15 is 0 Å². The topological polar surface area (TPSA) is 20.3 Å². The summed E-state index contributed by atoms with van der Waals surface area (Å²) >= 11 is 1.76. The van der Waals surface area contributed by atoms with Crippen molar-refractivity contribution in [2.45, 2.75) is 30.9 Å². The van der Waals surface area contributed by atoms with Gasteiger partial charge in [-0.2, -0.15) is 0 Å². The van der Waals surface area contributed by atoms with Crippen LogP contribution in [0.2, 0.25) is 0 Å². The molecule has 1 aliphatic heterocycles. The molecule has 0 radical (unpaired) electrons. The lowest BCUT2D eigenvalue weighted by atomic mass is 10.1. The predicted molar refractivity (Wildman–Crippen MR) is 89.5 cm³/mol. The molecule has 1 fully saturated rings. The van der Waals surface area contributed by atoms with Gasteiger partial charge in [0, 0.05) is 5.69 Å². The number of rotatable bonds is 3. The molecule has 0 aromatic heterocycles. The number of carbonyl (C=O) groups excluding carboxylic acids is 1. The Balaban J connectivity index is 2.01. The van der Waals surface area contributed by atoms with Crippen molar-refractivity contribution >= 4 is 23.4 Å². The van der Waals surface area contributed by atoms with Crippen LogP contribution in [-0.4, -0.2) is 11.2 Å². The van der Waals surface area contributed by atoms with Gasteiger partial charge in [-0.25, -0.2) is 0 Å². The van der Waals surface area contributed by atoms with Crippen LogP contribution in [0, 0.1) is 6.92 Å². The second-order valence-electron chi connectivity index (χ2n) is 5.34. The second kappa shape index (κ2) is 5.94. The molecule has 2 aromatic carbocycles. The zero-order valence-corrected chi connectivity index (χ0v) is 13.1. The molecule has 0 saturated carbocycles. The molecule has 0 bridgehead atoms. The first-order valence-corrected chi connectivity index (χ1v) is 8.25. The van der Waals surface area contributed by atoms with Crippen LogP contribution in [0.4, 0.5) is 5.69 Å². The summed E-state index contributed by atoms with van der Waals surface area (Å²) in [6.45, 7) is 4.14. The predicted octanol–water partition coefficient (Wildman–Crippen LogP) is 4.55. The zero-order chi connectivity index (χ0) is 14.8. The highest BCUT2D eigenvalue weighted by Gasteiger charge is 2.40. The molecule has 1 heterocycles. The summed E-state index contributed by atoms with van der Waals surface area (Å²) in [6, 6.07) is 18.5. The third-order valence-electron chi connectivity index (χ3n) is 3.81. The fraction of sp³-hybridized carbons (Fsp3) is 0.278. The van der Waals surface area contributed by atoms with Gasteiger partial charge >= 0.3 is 0 Å². The molecular formula is C18H19NOS. The van der Waals surface area contributed by atoms with Crippen LogP contribution in [0.5, 0.6) is 0 Å². The van der Waals surface area contributed by atoms with E-state index < -0.39 is 0 Å². The molecule has 2 nitrogen and oxygen atoms in total. The van der Waals surface area contributed by atoms with Crippen molar-refractivity contribution < 1.29 is 4.79 Å². The SMILES string of the molecule is CCC1SC(c2ccccc2)N(c2ccc(C)cc2)C1=O. The van der Waals surface area contributed by atoms with Gasteiger partial charge in [0.1, 0.15) is 5.37 Å². The molecule has 2 aromatic rings. The van der Waals surface area contributed by atoms with Crippen molar-refractivity contribution in [3.63, 3.8) is 0 Å². The molecule has 0 N–H and O–H groups in total. The smallest absolute Gasteiger partial charge is 0.241 e. The van der Waals surface area contributed by atoms with Crippen LogP contribution >= 0.6 is 11.8 Å². The summed E-state index contributed by atoms with van der Waals surface area (Å²) in [5.41, 5.74) is 3.39. The summed E-state index contributed by atoms with van der Waals surface area (Å²) in [5, 5.41) is 0.128. The third-order valence-corrected chi connectivity index (χ3v) is 5.41. The van der Waals surface area contributed by atoms with Crippen molar-refractivity contribution in [3.8, 4) is 0 Å². The van der Waals surface area contributed by atoms with Gasteiger partial charge in [-0.05, 0) is 31.0 Å². The van der Waals surface area contributed by atoms with Crippen LogP contribution in [0.25, 0.3) is 0 Å². The lowest BCUT2D eigenvalue weighted by molar-refractivity contribution is -0.117. The summed E-state index contributed by atoms with van der Waals surface area (Å²) in [7, 11) is 0. The largest absolute Gasteiger partial charge is 0.295 e. The Morgan fingerprint density at radius 2 is 1.71 bits per heavy atom. The lowest BCUT2D eigenvalue weighted by Gasteiger charge is -2.24. The van der Waals surface area contributed by atoms with E-state index in [1.807, 2.05) is 35.2 Å². The average Bonchev–Trinajstić information content (AvgIpc) is 2.86. The second-order valence-corrected chi connectivity index (χ2v) is 6.63. The van der Waals surface area contributed by atoms with Gasteiger partial charge in [0.25, 0.3) is 0 Å². The van der Waals surface area contributed by atoms with Crippen molar-refractivity contribution in [3.05, 3.63) is 65.7 Å². The number of aryl methyl sites for hydroxylation is 1. The van der Waals surface area contributed by atoms with Crippen LogP contribution < -0.4 is 4.90 Å². The minimum atomic E-state index is 0.0523. The highest BCUT2D eigenvalue weighted by atomic mass is 32.2.